The van der Waals surface area contributed by atoms with Crippen molar-refractivity contribution in [1.29, 1.82) is 0 Å². The Morgan fingerprint density at radius 3 is 2.10 bits per heavy atom. The maximum atomic E-state index is 6.04. The average molecular weight is 294 g/mol. The minimum Gasteiger partial charge on any atom is -0.403 e. The van der Waals surface area contributed by atoms with Crippen molar-refractivity contribution in [1.82, 2.24) is 0 Å². The highest BCUT2D eigenvalue weighted by Crippen LogP contribution is 2.39. The highest BCUT2D eigenvalue weighted by Gasteiger charge is 2.50. The van der Waals surface area contributed by atoms with Crippen LogP contribution in [0.15, 0.2) is 35.2 Å². The van der Waals surface area contributed by atoms with Crippen molar-refractivity contribution in [2.24, 2.45) is 0 Å². The van der Waals surface area contributed by atoms with E-state index in [1.54, 1.807) is 0 Å². The van der Waals surface area contributed by atoms with Crippen molar-refractivity contribution < 1.29 is 9.31 Å². The summed E-state index contributed by atoms with van der Waals surface area (Å²) in [5.41, 5.74) is -0.401. The van der Waals surface area contributed by atoms with E-state index in [4.69, 9.17) is 9.31 Å². The quantitative estimate of drug-likeness (QED) is 0.649. The van der Waals surface area contributed by atoms with Crippen LogP contribution in [0.25, 0.3) is 0 Å². The van der Waals surface area contributed by atoms with Crippen molar-refractivity contribution in [2.75, 3.05) is 12.0 Å². The second-order valence-electron chi connectivity index (χ2n) is 6.59. The SMILES string of the molecule is C[SH](CCCB1OC(C)(C)C(C)(C)O1)c1ccccc1. The van der Waals surface area contributed by atoms with Crippen molar-refractivity contribution in [3.05, 3.63) is 30.3 Å². The molecule has 1 atom stereocenters. The predicted octanol–water partition coefficient (Wildman–Crippen LogP) is 4.16. The van der Waals surface area contributed by atoms with Crippen LogP contribution < -0.4 is 0 Å². The van der Waals surface area contributed by atoms with Gasteiger partial charge in [-0.05, 0) is 57.3 Å². The van der Waals surface area contributed by atoms with Crippen molar-refractivity contribution >= 4 is 18.0 Å². The van der Waals surface area contributed by atoms with Crippen LogP contribution in [0, 0.1) is 0 Å². The van der Waals surface area contributed by atoms with Crippen LogP contribution >= 0.6 is 10.9 Å². The molecule has 4 heteroatoms. The highest BCUT2D eigenvalue weighted by molar-refractivity contribution is 8.16. The summed E-state index contributed by atoms with van der Waals surface area (Å²) in [7, 11) is -0.0971. The Bertz CT molecular complexity index is 417. The minimum atomic E-state index is -0.200. The first-order chi connectivity index (χ1) is 9.32. The number of benzene rings is 1. The fourth-order valence-corrected chi connectivity index (χ4v) is 3.99. The molecule has 0 aromatic heterocycles. The Kier molecular flexibility index (Phi) is 4.88. The van der Waals surface area contributed by atoms with E-state index in [9.17, 15) is 0 Å². The van der Waals surface area contributed by atoms with Crippen LogP contribution in [0.2, 0.25) is 6.32 Å². The molecule has 1 unspecified atom stereocenters. The maximum Gasteiger partial charge on any atom is 0.457 e. The second kappa shape index (κ2) is 6.12. The molecule has 2 rings (SSSR count). The molecule has 1 heterocycles. The molecule has 1 saturated heterocycles. The van der Waals surface area contributed by atoms with E-state index in [0.717, 1.165) is 12.7 Å². The summed E-state index contributed by atoms with van der Waals surface area (Å²) in [5.74, 6) is 1.24. The van der Waals surface area contributed by atoms with Gasteiger partial charge in [-0.1, -0.05) is 30.3 Å². The van der Waals surface area contributed by atoms with Crippen LogP contribution in [-0.4, -0.2) is 30.3 Å². The Labute approximate surface area is 126 Å². The average Bonchev–Trinajstić information content (AvgIpc) is 2.58. The van der Waals surface area contributed by atoms with Gasteiger partial charge in [0.15, 0.2) is 0 Å². The van der Waals surface area contributed by atoms with Crippen LogP contribution in [0.1, 0.15) is 34.1 Å². The lowest BCUT2D eigenvalue weighted by Crippen LogP contribution is -2.41. The number of hydrogen-bond acceptors (Lipinski definition) is 2. The maximum absolute atomic E-state index is 6.04. The Morgan fingerprint density at radius 2 is 1.55 bits per heavy atom. The van der Waals surface area contributed by atoms with Gasteiger partial charge in [-0.2, -0.15) is 0 Å². The first-order valence-electron chi connectivity index (χ1n) is 7.44. The molecule has 2 nitrogen and oxygen atoms in total. The van der Waals surface area contributed by atoms with Crippen LogP contribution in [0.3, 0.4) is 0 Å². The smallest absolute Gasteiger partial charge is 0.403 e. The summed E-state index contributed by atoms with van der Waals surface area (Å²) in [6.45, 7) is 8.46. The van der Waals surface area contributed by atoms with E-state index in [2.05, 4.69) is 64.3 Å². The minimum absolute atomic E-state index is 0.0424. The van der Waals surface area contributed by atoms with E-state index >= 15 is 0 Å². The van der Waals surface area contributed by atoms with Crippen LogP contribution in [0.4, 0.5) is 0 Å². The molecule has 1 aromatic rings. The van der Waals surface area contributed by atoms with Gasteiger partial charge in [0.1, 0.15) is 0 Å². The molecule has 0 aliphatic carbocycles. The summed E-state index contributed by atoms with van der Waals surface area (Å²) >= 11 is 0. The molecule has 0 bridgehead atoms. The molecule has 1 aromatic carbocycles. The second-order valence-corrected chi connectivity index (χ2v) is 8.94. The van der Waals surface area contributed by atoms with E-state index in [-0.39, 0.29) is 29.2 Å². The van der Waals surface area contributed by atoms with Gasteiger partial charge in [0, 0.05) is 0 Å². The molecular formula is C16H27BO2S. The Morgan fingerprint density at radius 1 is 1.00 bits per heavy atom. The zero-order valence-electron chi connectivity index (χ0n) is 13.3. The van der Waals surface area contributed by atoms with Gasteiger partial charge < -0.3 is 9.31 Å². The lowest BCUT2D eigenvalue weighted by molar-refractivity contribution is 0.00578. The van der Waals surface area contributed by atoms with E-state index in [1.165, 1.54) is 10.6 Å². The van der Waals surface area contributed by atoms with E-state index < -0.39 is 0 Å². The lowest BCUT2D eigenvalue weighted by atomic mass is 9.83. The molecule has 1 aliphatic heterocycles. The summed E-state index contributed by atoms with van der Waals surface area (Å²) < 4.78 is 12.1. The first-order valence-corrected chi connectivity index (χ1v) is 9.41. The third-order valence-corrected chi connectivity index (χ3v) is 6.60. The zero-order chi connectivity index (χ0) is 14.8. The van der Waals surface area contributed by atoms with Gasteiger partial charge in [-0.15, -0.1) is 0 Å². The molecule has 0 amide bonds. The Balaban J connectivity index is 1.78. The van der Waals surface area contributed by atoms with Crippen molar-refractivity contribution in [3.63, 3.8) is 0 Å². The summed E-state index contributed by atoms with van der Waals surface area (Å²) in [5, 5.41) is 0. The number of hydrogen-bond donors (Lipinski definition) is 1. The fraction of sp³-hybridized carbons (Fsp3) is 0.625. The molecular weight excluding hydrogens is 267 g/mol. The molecule has 20 heavy (non-hydrogen) atoms. The third kappa shape index (κ3) is 3.60. The monoisotopic (exact) mass is 294 g/mol. The van der Waals surface area contributed by atoms with Crippen LogP contribution in [-0.2, 0) is 9.31 Å². The summed E-state index contributed by atoms with van der Waals surface area (Å²) in [6.07, 6.45) is 4.51. The van der Waals surface area contributed by atoms with Crippen LogP contribution in [0.5, 0.6) is 0 Å². The van der Waals surface area contributed by atoms with Crippen molar-refractivity contribution in [3.8, 4) is 0 Å². The topological polar surface area (TPSA) is 18.5 Å². The normalized spacial score (nSPS) is 22.9. The first kappa shape index (κ1) is 15.9. The van der Waals surface area contributed by atoms with E-state index in [0.29, 0.717) is 0 Å². The van der Waals surface area contributed by atoms with Gasteiger partial charge in [-0.25, -0.2) is 10.9 Å². The largest absolute Gasteiger partial charge is 0.457 e. The zero-order valence-corrected chi connectivity index (χ0v) is 14.2. The van der Waals surface area contributed by atoms with Gasteiger partial charge in [0.2, 0.25) is 0 Å². The molecule has 0 spiro atoms. The standard InChI is InChI=1S/C16H27BO2S/c1-15(2)16(3,4)19-17(18-15)12-9-13-20(5)14-10-7-6-8-11-14/h6-8,10-11,20H,9,12-13H2,1-5H3. The predicted molar refractivity (Wildman–Crippen MR) is 90.0 cm³/mol. The third-order valence-electron chi connectivity index (χ3n) is 4.43. The van der Waals surface area contributed by atoms with Gasteiger partial charge >= 0.3 is 7.12 Å². The lowest BCUT2D eigenvalue weighted by Gasteiger charge is -2.32. The Hall–Kier alpha value is -0.445. The van der Waals surface area contributed by atoms with Gasteiger partial charge in [0.05, 0.1) is 11.2 Å². The summed E-state index contributed by atoms with van der Waals surface area (Å²) in [4.78, 5) is 1.48. The molecule has 0 radical (unpaired) electrons. The molecule has 1 aliphatic rings. The molecule has 112 valence electrons. The van der Waals surface area contributed by atoms with Gasteiger partial charge in [-0.3, -0.25) is 0 Å². The highest BCUT2D eigenvalue weighted by atomic mass is 32.2. The summed E-state index contributed by atoms with van der Waals surface area (Å²) in [6, 6.07) is 10.8. The van der Waals surface area contributed by atoms with Crippen molar-refractivity contribution in [2.45, 2.75) is 56.5 Å². The molecule has 0 saturated carbocycles. The molecule has 0 N–H and O–H groups in total. The van der Waals surface area contributed by atoms with E-state index in [1.807, 2.05) is 0 Å². The fourth-order valence-electron chi connectivity index (χ4n) is 2.39. The molecule has 1 fully saturated rings. The van der Waals surface area contributed by atoms with Gasteiger partial charge in [0.25, 0.3) is 0 Å². The number of thiol groups is 1. The number of rotatable bonds is 5.